The fourth-order valence-electron chi connectivity index (χ4n) is 3.46. The predicted octanol–water partition coefficient (Wildman–Crippen LogP) is 3.22. The van der Waals surface area contributed by atoms with Crippen LogP contribution < -0.4 is 15.5 Å². The van der Waals surface area contributed by atoms with Crippen molar-refractivity contribution in [2.75, 3.05) is 36.5 Å². The minimum absolute atomic E-state index is 0.123. The van der Waals surface area contributed by atoms with Crippen molar-refractivity contribution in [3.63, 3.8) is 0 Å². The molecule has 5 heteroatoms. The van der Waals surface area contributed by atoms with Crippen LogP contribution in [0.25, 0.3) is 0 Å². The van der Waals surface area contributed by atoms with E-state index in [1.165, 1.54) is 18.5 Å². The van der Waals surface area contributed by atoms with Gasteiger partial charge in [-0.05, 0) is 56.7 Å². The summed E-state index contributed by atoms with van der Waals surface area (Å²) < 4.78 is 5.38. The quantitative estimate of drug-likeness (QED) is 0.896. The van der Waals surface area contributed by atoms with Gasteiger partial charge < -0.3 is 20.3 Å². The lowest BCUT2D eigenvalue weighted by atomic mass is 9.93. The van der Waals surface area contributed by atoms with Gasteiger partial charge in [0.1, 0.15) is 0 Å². The lowest BCUT2D eigenvalue weighted by Crippen LogP contribution is -2.42. The van der Waals surface area contributed by atoms with Crippen LogP contribution in [-0.2, 0) is 4.74 Å². The van der Waals surface area contributed by atoms with Gasteiger partial charge in [0, 0.05) is 43.7 Å². The van der Waals surface area contributed by atoms with Gasteiger partial charge >= 0.3 is 6.03 Å². The number of nitrogens with one attached hydrogen (secondary N) is 2. The second-order valence-corrected chi connectivity index (χ2v) is 6.58. The number of urea groups is 1. The molecule has 1 atom stereocenters. The zero-order valence-corrected chi connectivity index (χ0v) is 13.9. The van der Waals surface area contributed by atoms with Crippen LogP contribution in [0.1, 0.15) is 32.6 Å². The van der Waals surface area contributed by atoms with E-state index in [9.17, 15) is 4.79 Å². The smallest absolute Gasteiger partial charge is 0.319 e. The van der Waals surface area contributed by atoms with Gasteiger partial charge in [-0.1, -0.05) is 6.07 Å². The molecule has 2 N–H and O–H groups in total. The third kappa shape index (κ3) is 4.38. The van der Waals surface area contributed by atoms with Crippen molar-refractivity contribution < 1.29 is 9.53 Å². The molecule has 0 unspecified atom stereocenters. The molecule has 0 saturated carbocycles. The molecule has 126 valence electrons. The minimum atomic E-state index is -0.123. The summed E-state index contributed by atoms with van der Waals surface area (Å²) in [5.74, 6) is 0.505. The van der Waals surface area contributed by atoms with Crippen molar-refractivity contribution in [2.24, 2.45) is 5.92 Å². The molecule has 5 nitrogen and oxygen atoms in total. The van der Waals surface area contributed by atoms with Crippen molar-refractivity contribution >= 4 is 17.4 Å². The van der Waals surface area contributed by atoms with Gasteiger partial charge in [0.2, 0.25) is 0 Å². The van der Waals surface area contributed by atoms with Crippen LogP contribution in [0.2, 0.25) is 0 Å². The SMILES string of the molecule is C[C@H](NC(=O)Nc1cccc(N2CCCC2)c1)C1CCOCC1. The average Bonchev–Trinajstić information content (AvgIpc) is 3.10. The number of carbonyl (C=O) groups is 1. The molecular formula is C18H27N3O2. The van der Waals surface area contributed by atoms with E-state index in [0.29, 0.717) is 5.92 Å². The normalized spacial score (nSPS) is 20.3. The lowest BCUT2D eigenvalue weighted by Gasteiger charge is -2.28. The minimum Gasteiger partial charge on any atom is -0.381 e. The first kappa shape index (κ1) is 16.1. The molecule has 2 fully saturated rings. The van der Waals surface area contributed by atoms with Gasteiger partial charge in [-0.15, -0.1) is 0 Å². The van der Waals surface area contributed by atoms with Crippen LogP contribution in [0.3, 0.4) is 0 Å². The molecule has 1 aromatic carbocycles. The number of nitrogens with zero attached hydrogens (tertiary/aromatic N) is 1. The van der Waals surface area contributed by atoms with Crippen molar-refractivity contribution in [1.29, 1.82) is 0 Å². The van der Waals surface area contributed by atoms with Crippen LogP contribution in [0.4, 0.5) is 16.2 Å². The first-order valence-corrected chi connectivity index (χ1v) is 8.72. The number of carbonyl (C=O) groups excluding carboxylic acids is 1. The molecule has 2 aliphatic rings. The fourth-order valence-corrected chi connectivity index (χ4v) is 3.46. The van der Waals surface area contributed by atoms with Gasteiger partial charge in [0.25, 0.3) is 0 Å². The van der Waals surface area contributed by atoms with Crippen molar-refractivity contribution in [1.82, 2.24) is 5.32 Å². The first-order valence-electron chi connectivity index (χ1n) is 8.72. The maximum atomic E-state index is 12.2. The average molecular weight is 317 g/mol. The Bertz CT molecular complexity index is 523. The number of hydrogen-bond acceptors (Lipinski definition) is 3. The van der Waals surface area contributed by atoms with Crippen molar-refractivity contribution in [3.05, 3.63) is 24.3 Å². The van der Waals surface area contributed by atoms with Crippen LogP contribution in [0.15, 0.2) is 24.3 Å². The van der Waals surface area contributed by atoms with E-state index in [1.807, 2.05) is 12.1 Å². The van der Waals surface area contributed by atoms with Crippen LogP contribution in [0.5, 0.6) is 0 Å². The standard InChI is InChI=1S/C18H27N3O2/c1-14(15-7-11-23-12-8-15)19-18(22)20-16-5-4-6-17(13-16)21-9-2-3-10-21/h4-6,13-15H,2-3,7-12H2,1H3,(H2,19,20,22)/t14-/m0/s1. The molecule has 2 amide bonds. The van der Waals surface area contributed by atoms with Gasteiger partial charge in [0.15, 0.2) is 0 Å². The molecule has 0 bridgehead atoms. The summed E-state index contributed by atoms with van der Waals surface area (Å²) in [5.41, 5.74) is 2.05. The third-order valence-corrected chi connectivity index (χ3v) is 4.91. The second-order valence-electron chi connectivity index (χ2n) is 6.58. The van der Waals surface area contributed by atoms with E-state index < -0.39 is 0 Å². The molecule has 0 radical (unpaired) electrons. The van der Waals surface area contributed by atoms with Gasteiger partial charge in [-0.3, -0.25) is 0 Å². The zero-order valence-electron chi connectivity index (χ0n) is 13.9. The topological polar surface area (TPSA) is 53.6 Å². The number of amides is 2. The number of hydrogen-bond donors (Lipinski definition) is 2. The summed E-state index contributed by atoms with van der Waals surface area (Å²) in [4.78, 5) is 14.6. The van der Waals surface area contributed by atoms with E-state index >= 15 is 0 Å². The Labute approximate surface area is 138 Å². The van der Waals surface area contributed by atoms with Crippen molar-refractivity contribution in [3.8, 4) is 0 Å². The highest BCUT2D eigenvalue weighted by Crippen LogP contribution is 2.23. The molecule has 0 aliphatic carbocycles. The molecule has 2 heterocycles. The highest BCUT2D eigenvalue weighted by atomic mass is 16.5. The monoisotopic (exact) mass is 317 g/mol. The summed E-state index contributed by atoms with van der Waals surface area (Å²) in [6.07, 6.45) is 4.54. The Morgan fingerprint density at radius 2 is 2.00 bits per heavy atom. The Morgan fingerprint density at radius 3 is 2.74 bits per heavy atom. The van der Waals surface area contributed by atoms with Crippen molar-refractivity contribution in [2.45, 2.75) is 38.6 Å². The van der Waals surface area contributed by atoms with Crippen LogP contribution in [0, 0.1) is 5.92 Å². The third-order valence-electron chi connectivity index (χ3n) is 4.91. The predicted molar refractivity (Wildman–Crippen MR) is 93.0 cm³/mol. The summed E-state index contributed by atoms with van der Waals surface area (Å²) in [7, 11) is 0. The molecule has 2 saturated heterocycles. The highest BCUT2D eigenvalue weighted by molar-refractivity contribution is 5.90. The van der Waals surface area contributed by atoms with E-state index in [4.69, 9.17) is 4.74 Å². The Kier molecular flexibility index (Phi) is 5.39. The molecule has 1 aromatic rings. The highest BCUT2D eigenvalue weighted by Gasteiger charge is 2.22. The zero-order chi connectivity index (χ0) is 16.1. The Hall–Kier alpha value is -1.75. The largest absolute Gasteiger partial charge is 0.381 e. The molecular weight excluding hydrogens is 290 g/mol. The lowest BCUT2D eigenvalue weighted by molar-refractivity contribution is 0.0573. The van der Waals surface area contributed by atoms with Gasteiger partial charge in [0.05, 0.1) is 0 Å². The maximum absolute atomic E-state index is 12.2. The summed E-state index contributed by atoms with van der Waals surface area (Å²) in [6, 6.07) is 8.16. The van der Waals surface area contributed by atoms with Gasteiger partial charge in [-0.25, -0.2) is 4.79 Å². The number of benzene rings is 1. The number of ether oxygens (including phenoxy) is 1. The maximum Gasteiger partial charge on any atom is 0.319 e. The van der Waals surface area contributed by atoms with E-state index in [0.717, 1.165) is 44.8 Å². The molecule has 0 aromatic heterocycles. The summed E-state index contributed by atoms with van der Waals surface area (Å²) >= 11 is 0. The van der Waals surface area contributed by atoms with Crippen LogP contribution >= 0.6 is 0 Å². The Morgan fingerprint density at radius 1 is 1.26 bits per heavy atom. The fraction of sp³-hybridized carbons (Fsp3) is 0.611. The number of anilines is 2. The first-order chi connectivity index (χ1) is 11.2. The molecule has 0 spiro atoms. The second kappa shape index (κ2) is 7.68. The molecule has 2 aliphatic heterocycles. The van der Waals surface area contributed by atoms with E-state index in [-0.39, 0.29) is 12.1 Å². The van der Waals surface area contributed by atoms with Gasteiger partial charge in [-0.2, -0.15) is 0 Å². The van der Waals surface area contributed by atoms with E-state index in [1.54, 1.807) is 0 Å². The van der Waals surface area contributed by atoms with Crippen LogP contribution in [-0.4, -0.2) is 38.4 Å². The molecule has 23 heavy (non-hydrogen) atoms. The molecule has 3 rings (SSSR count). The Balaban J connectivity index is 1.53. The number of rotatable bonds is 4. The summed E-state index contributed by atoms with van der Waals surface area (Å²) in [6.45, 7) is 5.90. The van der Waals surface area contributed by atoms with E-state index in [2.05, 4.69) is 34.6 Å². The summed E-state index contributed by atoms with van der Waals surface area (Å²) in [5, 5.41) is 6.04.